The van der Waals surface area contributed by atoms with E-state index in [1.165, 1.54) is 16.4 Å². The van der Waals surface area contributed by atoms with Crippen LogP contribution in [0.2, 0.25) is 0 Å². The van der Waals surface area contributed by atoms with Crippen molar-refractivity contribution in [3.63, 3.8) is 0 Å². The Bertz CT molecular complexity index is 1090. The molecule has 2 aromatic heterocycles. The van der Waals surface area contributed by atoms with Gasteiger partial charge in [0, 0.05) is 30.4 Å². The molecule has 1 aliphatic rings. The zero-order valence-electron chi connectivity index (χ0n) is 13.9. The van der Waals surface area contributed by atoms with Crippen LogP contribution in [-0.2, 0) is 10.0 Å². The van der Waals surface area contributed by atoms with Gasteiger partial charge in [0.2, 0.25) is 5.69 Å². The lowest BCUT2D eigenvalue weighted by Gasteiger charge is -2.15. The van der Waals surface area contributed by atoms with Crippen LogP contribution in [0.25, 0.3) is 15.9 Å². The van der Waals surface area contributed by atoms with Crippen molar-refractivity contribution in [1.82, 2.24) is 14.3 Å². The molecule has 1 aliphatic heterocycles. The lowest BCUT2D eigenvalue weighted by Crippen LogP contribution is -2.22. The average Bonchev–Trinajstić information content (AvgIpc) is 3.32. The highest BCUT2D eigenvalue weighted by Gasteiger charge is 2.23. The summed E-state index contributed by atoms with van der Waals surface area (Å²) < 4.78 is 27.1. The van der Waals surface area contributed by atoms with E-state index in [4.69, 9.17) is 6.57 Å². The molecule has 1 aromatic carbocycles. The quantitative estimate of drug-likeness (QED) is 0.693. The monoisotopic (exact) mass is 367 g/mol. The topological polar surface area (TPSA) is 80.4 Å². The first-order valence-electron chi connectivity index (χ1n) is 8.26. The van der Waals surface area contributed by atoms with Crippen molar-refractivity contribution in [2.24, 2.45) is 0 Å². The summed E-state index contributed by atoms with van der Waals surface area (Å²) >= 11 is 0. The van der Waals surface area contributed by atoms with E-state index in [0.717, 1.165) is 19.5 Å². The van der Waals surface area contributed by atoms with Gasteiger partial charge in [0.15, 0.2) is 5.65 Å². The Hall–Kier alpha value is -2.89. The van der Waals surface area contributed by atoms with Crippen LogP contribution < -0.4 is 10.6 Å². The molecule has 8 heteroatoms. The van der Waals surface area contributed by atoms with E-state index in [2.05, 4.69) is 20.5 Å². The predicted octanol–water partition coefficient (Wildman–Crippen LogP) is 2.60. The first-order valence-corrected chi connectivity index (χ1v) is 9.70. The summed E-state index contributed by atoms with van der Waals surface area (Å²) in [4.78, 5) is 7.99. The van der Waals surface area contributed by atoms with E-state index in [9.17, 15) is 8.42 Å². The SMILES string of the molecule is [C-]#[N+]c1cnc2c(ccn2S(=O)(=O)c2ccccc2)c1NC1CCNC1. The molecule has 4 rings (SSSR count). The molecule has 3 aromatic rings. The molecule has 0 radical (unpaired) electrons. The van der Waals surface area contributed by atoms with Gasteiger partial charge < -0.3 is 10.6 Å². The lowest BCUT2D eigenvalue weighted by molar-refractivity contribution is 0.589. The third kappa shape index (κ3) is 2.71. The van der Waals surface area contributed by atoms with Crippen LogP contribution in [0, 0.1) is 6.57 Å². The van der Waals surface area contributed by atoms with Crippen molar-refractivity contribution in [3.05, 3.63) is 60.2 Å². The van der Waals surface area contributed by atoms with Crippen LogP contribution in [0.4, 0.5) is 11.4 Å². The summed E-state index contributed by atoms with van der Waals surface area (Å²) in [6.07, 6.45) is 3.87. The summed E-state index contributed by atoms with van der Waals surface area (Å²) in [6, 6.07) is 10.1. The second kappa shape index (κ2) is 6.44. The Labute approximate surface area is 151 Å². The highest BCUT2D eigenvalue weighted by atomic mass is 32.2. The number of fused-ring (bicyclic) bond motifs is 1. The first-order chi connectivity index (χ1) is 12.6. The fourth-order valence-corrected chi connectivity index (χ4v) is 4.49. The molecule has 2 N–H and O–H groups in total. The third-order valence-electron chi connectivity index (χ3n) is 4.49. The fourth-order valence-electron chi connectivity index (χ4n) is 3.17. The number of hydrogen-bond donors (Lipinski definition) is 2. The van der Waals surface area contributed by atoms with E-state index in [0.29, 0.717) is 22.4 Å². The number of nitrogens with zero attached hydrogens (tertiary/aromatic N) is 3. The Balaban J connectivity index is 1.86. The molecule has 1 saturated heterocycles. The number of aromatic nitrogens is 2. The molecule has 3 heterocycles. The third-order valence-corrected chi connectivity index (χ3v) is 6.17. The van der Waals surface area contributed by atoms with Crippen molar-refractivity contribution in [3.8, 4) is 0 Å². The van der Waals surface area contributed by atoms with Gasteiger partial charge in [-0.05, 0) is 31.2 Å². The van der Waals surface area contributed by atoms with Gasteiger partial charge in [0.05, 0.1) is 17.2 Å². The summed E-state index contributed by atoms with van der Waals surface area (Å²) in [7, 11) is -3.75. The van der Waals surface area contributed by atoms with Crippen LogP contribution in [0.5, 0.6) is 0 Å². The molecule has 0 amide bonds. The molecule has 26 heavy (non-hydrogen) atoms. The molecule has 0 aliphatic carbocycles. The molecule has 0 saturated carbocycles. The molecule has 0 spiro atoms. The molecule has 0 bridgehead atoms. The summed E-state index contributed by atoms with van der Waals surface area (Å²) in [5.74, 6) is 0. The van der Waals surface area contributed by atoms with Crippen LogP contribution >= 0.6 is 0 Å². The highest BCUT2D eigenvalue weighted by molar-refractivity contribution is 7.90. The van der Waals surface area contributed by atoms with Crippen molar-refractivity contribution < 1.29 is 8.42 Å². The standard InChI is InChI=1S/C18H17N5O2S/c1-19-16-12-21-18-15(17(16)22-13-7-9-20-11-13)8-10-23(18)26(24,25)14-5-3-2-4-6-14/h2-6,8,10,12-13,20H,7,9,11H2,(H,21,22). The van der Waals surface area contributed by atoms with E-state index < -0.39 is 10.0 Å². The van der Waals surface area contributed by atoms with Crippen molar-refractivity contribution in [2.45, 2.75) is 17.4 Å². The predicted molar refractivity (Wildman–Crippen MR) is 99.9 cm³/mol. The zero-order chi connectivity index (χ0) is 18.1. The second-order valence-corrected chi connectivity index (χ2v) is 7.95. The maximum absolute atomic E-state index is 13.0. The van der Waals surface area contributed by atoms with Crippen molar-refractivity contribution >= 4 is 32.4 Å². The summed E-state index contributed by atoms with van der Waals surface area (Å²) in [5, 5.41) is 7.29. The molecule has 7 nitrogen and oxygen atoms in total. The largest absolute Gasteiger partial charge is 0.389 e. The highest BCUT2D eigenvalue weighted by Crippen LogP contribution is 2.34. The minimum absolute atomic E-state index is 0.197. The number of anilines is 1. The molecule has 132 valence electrons. The number of hydrogen-bond acceptors (Lipinski definition) is 5. The van der Waals surface area contributed by atoms with E-state index >= 15 is 0 Å². The maximum Gasteiger partial charge on any atom is 0.269 e. The minimum atomic E-state index is -3.75. The molecule has 1 unspecified atom stereocenters. The van der Waals surface area contributed by atoms with E-state index in [-0.39, 0.29) is 10.9 Å². The van der Waals surface area contributed by atoms with Gasteiger partial charge in [0.25, 0.3) is 10.0 Å². The summed E-state index contributed by atoms with van der Waals surface area (Å²) in [6.45, 7) is 9.13. The number of rotatable bonds is 4. The number of benzene rings is 1. The Morgan fingerprint density at radius 2 is 2.08 bits per heavy atom. The minimum Gasteiger partial charge on any atom is -0.389 e. The average molecular weight is 367 g/mol. The normalized spacial score (nSPS) is 17.3. The second-order valence-electron chi connectivity index (χ2n) is 6.13. The van der Waals surface area contributed by atoms with Gasteiger partial charge in [-0.1, -0.05) is 18.2 Å². The number of pyridine rings is 1. The van der Waals surface area contributed by atoms with Gasteiger partial charge in [0.1, 0.15) is 0 Å². The molecule has 1 fully saturated rings. The zero-order valence-corrected chi connectivity index (χ0v) is 14.7. The fraction of sp³-hybridized carbons (Fsp3) is 0.222. The van der Waals surface area contributed by atoms with E-state index in [1.807, 2.05) is 0 Å². The van der Waals surface area contributed by atoms with Crippen molar-refractivity contribution in [2.75, 3.05) is 18.4 Å². The van der Waals surface area contributed by atoms with Gasteiger partial charge >= 0.3 is 0 Å². The van der Waals surface area contributed by atoms with Crippen LogP contribution in [-0.4, -0.2) is 36.5 Å². The lowest BCUT2D eigenvalue weighted by atomic mass is 10.2. The van der Waals surface area contributed by atoms with Gasteiger partial charge in [-0.3, -0.25) is 0 Å². The van der Waals surface area contributed by atoms with E-state index in [1.54, 1.807) is 36.4 Å². The molecular weight excluding hydrogens is 350 g/mol. The smallest absolute Gasteiger partial charge is 0.269 e. The molecule has 1 atom stereocenters. The summed E-state index contributed by atoms with van der Waals surface area (Å²) in [5.41, 5.74) is 1.34. The Morgan fingerprint density at radius 3 is 2.77 bits per heavy atom. The van der Waals surface area contributed by atoms with Gasteiger partial charge in [-0.25, -0.2) is 22.2 Å². The van der Waals surface area contributed by atoms with Crippen molar-refractivity contribution in [1.29, 1.82) is 0 Å². The maximum atomic E-state index is 13.0. The Kier molecular flexibility index (Phi) is 4.11. The first kappa shape index (κ1) is 16.6. The van der Waals surface area contributed by atoms with Crippen LogP contribution in [0.1, 0.15) is 6.42 Å². The number of nitrogens with one attached hydrogen (secondary N) is 2. The van der Waals surface area contributed by atoms with Gasteiger partial charge in [-0.2, -0.15) is 0 Å². The molecular formula is C18H17N5O2S. The van der Waals surface area contributed by atoms with Crippen LogP contribution in [0.15, 0.2) is 53.7 Å². The Morgan fingerprint density at radius 1 is 1.27 bits per heavy atom. The van der Waals surface area contributed by atoms with Gasteiger partial charge in [-0.15, -0.1) is 0 Å². The van der Waals surface area contributed by atoms with Crippen LogP contribution in [0.3, 0.4) is 0 Å².